The number of hydrogen-bond donors (Lipinski definition) is 2. The Morgan fingerprint density at radius 2 is 2.05 bits per heavy atom. The molecule has 3 rings (SSSR count). The minimum atomic E-state index is -0.964. The third-order valence-corrected chi connectivity index (χ3v) is 6.15. The number of thioether (sulfide) groups is 1. The maximum Gasteiger partial charge on any atom is 0.327 e. The number of aromatic hydroxyl groups is 1. The predicted octanol–water partition coefficient (Wildman–Crippen LogP) is 2.38. The number of carboxylic acid groups (broad SMARTS) is 1. The summed E-state index contributed by atoms with van der Waals surface area (Å²) < 4.78 is 0.661. The smallest absolute Gasteiger partial charge is 0.327 e. The summed E-state index contributed by atoms with van der Waals surface area (Å²) in [4.78, 5) is 25.6. The Morgan fingerprint density at radius 1 is 1.33 bits per heavy atom. The highest BCUT2D eigenvalue weighted by molar-refractivity contribution is 14.1. The molecule has 1 aromatic rings. The monoisotopic (exact) mass is 419 g/mol. The van der Waals surface area contributed by atoms with Gasteiger partial charge in [-0.25, -0.2) is 4.79 Å². The zero-order valence-corrected chi connectivity index (χ0v) is 14.0. The fourth-order valence-corrected chi connectivity index (χ4v) is 4.48. The number of benzene rings is 1. The van der Waals surface area contributed by atoms with Crippen LogP contribution in [0.4, 0.5) is 0 Å². The van der Waals surface area contributed by atoms with Crippen molar-refractivity contribution in [2.45, 2.75) is 24.3 Å². The molecule has 1 aromatic carbocycles. The van der Waals surface area contributed by atoms with E-state index in [-0.39, 0.29) is 17.0 Å². The van der Waals surface area contributed by atoms with Gasteiger partial charge in [-0.1, -0.05) is 0 Å². The lowest BCUT2D eigenvalue weighted by Gasteiger charge is -2.27. The Kier molecular flexibility index (Phi) is 4.04. The number of amides is 1. The molecule has 5 nitrogen and oxygen atoms in total. The van der Waals surface area contributed by atoms with Gasteiger partial charge >= 0.3 is 5.97 Å². The zero-order chi connectivity index (χ0) is 15.1. The lowest BCUT2D eigenvalue weighted by Crippen LogP contribution is -2.46. The summed E-state index contributed by atoms with van der Waals surface area (Å²) in [5, 5.41) is 19.0. The fourth-order valence-electron chi connectivity index (χ4n) is 2.51. The number of aliphatic carboxylic acids is 1. The highest BCUT2D eigenvalue weighted by atomic mass is 127. The summed E-state index contributed by atoms with van der Waals surface area (Å²) in [5.74, 6) is -0.396. The van der Waals surface area contributed by atoms with Crippen LogP contribution in [0.2, 0.25) is 0 Å². The molecule has 1 heterocycles. The summed E-state index contributed by atoms with van der Waals surface area (Å²) in [6, 6.07) is 3.93. The first kappa shape index (κ1) is 15.0. The van der Waals surface area contributed by atoms with Gasteiger partial charge in [0.15, 0.2) is 0 Å². The van der Waals surface area contributed by atoms with Crippen LogP contribution in [0, 0.1) is 9.49 Å². The number of carboxylic acids is 1. The van der Waals surface area contributed by atoms with Crippen LogP contribution in [-0.2, 0) is 4.79 Å². The quantitative estimate of drug-likeness (QED) is 0.736. The van der Waals surface area contributed by atoms with Gasteiger partial charge in [-0.05, 0) is 59.5 Å². The van der Waals surface area contributed by atoms with Crippen LogP contribution in [-0.4, -0.2) is 44.2 Å². The molecule has 1 aliphatic heterocycles. The van der Waals surface area contributed by atoms with E-state index in [1.165, 1.54) is 11.0 Å². The van der Waals surface area contributed by atoms with E-state index < -0.39 is 12.0 Å². The van der Waals surface area contributed by atoms with E-state index in [0.717, 1.165) is 12.8 Å². The summed E-state index contributed by atoms with van der Waals surface area (Å²) >= 11 is 3.53. The molecule has 2 aliphatic rings. The zero-order valence-electron chi connectivity index (χ0n) is 11.0. The van der Waals surface area contributed by atoms with E-state index in [2.05, 4.69) is 0 Å². The first-order valence-electron chi connectivity index (χ1n) is 6.64. The van der Waals surface area contributed by atoms with Crippen LogP contribution in [0.3, 0.4) is 0 Å². The van der Waals surface area contributed by atoms with Crippen molar-refractivity contribution in [2.24, 2.45) is 5.92 Å². The van der Waals surface area contributed by atoms with E-state index in [1.54, 1.807) is 23.9 Å². The van der Waals surface area contributed by atoms with Gasteiger partial charge < -0.3 is 15.1 Å². The number of nitrogens with zero attached hydrogens (tertiary/aromatic N) is 1. The van der Waals surface area contributed by atoms with Crippen molar-refractivity contribution in [1.29, 1.82) is 0 Å². The molecule has 21 heavy (non-hydrogen) atoms. The van der Waals surface area contributed by atoms with Crippen molar-refractivity contribution >= 4 is 46.2 Å². The van der Waals surface area contributed by atoms with Crippen molar-refractivity contribution in [3.05, 3.63) is 27.3 Å². The summed E-state index contributed by atoms with van der Waals surface area (Å²) in [6.45, 7) is 0. The third-order valence-electron chi connectivity index (χ3n) is 3.77. The molecule has 7 heteroatoms. The van der Waals surface area contributed by atoms with Gasteiger partial charge in [0.2, 0.25) is 0 Å². The molecule has 0 aromatic heterocycles. The lowest BCUT2D eigenvalue weighted by atomic mass is 10.1. The molecule has 0 bridgehead atoms. The minimum Gasteiger partial charge on any atom is -0.507 e. The average molecular weight is 419 g/mol. The maximum absolute atomic E-state index is 12.7. The lowest BCUT2D eigenvalue weighted by molar-refractivity contribution is -0.141. The Hall–Kier alpha value is -0.960. The Bertz CT molecular complexity index is 605. The van der Waals surface area contributed by atoms with E-state index >= 15 is 0 Å². The number of carbonyl (C=O) groups excluding carboxylic acids is 1. The van der Waals surface area contributed by atoms with Crippen LogP contribution in [0.15, 0.2) is 18.2 Å². The van der Waals surface area contributed by atoms with Gasteiger partial charge in [0.25, 0.3) is 5.91 Å². The highest BCUT2D eigenvalue weighted by Gasteiger charge is 2.48. The highest BCUT2D eigenvalue weighted by Crippen LogP contribution is 2.46. The molecule has 112 valence electrons. The summed E-state index contributed by atoms with van der Waals surface area (Å²) in [5.41, 5.74) is 0.340. The Balaban J connectivity index is 1.91. The summed E-state index contributed by atoms with van der Waals surface area (Å²) in [7, 11) is 0. The molecular weight excluding hydrogens is 405 g/mol. The molecule has 2 fully saturated rings. The number of carbonyl (C=O) groups is 2. The number of hydrogen-bond acceptors (Lipinski definition) is 4. The van der Waals surface area contributed by atoms with E-state index in [9.17, 15) is 19.8 Å². The van der Waals surface area contributed by atoms with Gasteiger partial charge in [0.1, 0.15) is 11.8 Å². The first-order chi connectivity index (χ1) is 9.99. The van der Waals surface area contributed by atoms with Crippen LogP contribution >= 0.6 is 34.4 Å². The van der Waals surface area contributed by atoms with Crippen molar-refractivity contribution in [1.82, 2.24) is 4.90 Å². The molecule has 1 saturated heterocycles. The molecule has 1 amide bonds. The second kappa shape index (κ2) is 5.68. The molecule has 2 N–H and O–H groups in total. The van der Waals surface area contributed by atoms with Crippen molar-refractivity contribution < 1.29 is 19.8 Å². The third kappa shape index (κ3) is 2.85. The number of phenolic OH excluding ortho intramolecular Hbond substituents is 1. The van der Waals surface area contributed by atoms with Crippen LogP contribution in [0.5, 0.6) is 5.75 Å². The van der Waals surface area contributed by atoms with Crippen LogP contribution in [0.25, 0.3) is 0 Å². The SMILES string of the molecule is O=C(O)C1CSC(C2CC2)N1C(=O)c1ccc(I)c(O)c1. The van der Waals surface area contributed by atoms with Gasteiger partial charge in [-0.15, -0.1) is 11.8 Å². The van der Waals surface area contributed by atoms with Crippen molar-refractivity contribution in [3.63, 3.8) is 0 Å². The van der Waals surface area contributed by atoms with Crippen molar-refractivity contribution in [3.8, 4) is 5.75 Å². The largest absolute Gasteiger partial charge is 0.507 e. The van der Waals surface area contributed by atoms with E-state index in [0.29, 0.717) is 20.8 Å². The van der Waals surface area contributed by atoms with Crippen LogP contribution < -0.4 is 0 Å². The second-order valence-electron chi connectivity index (χ2n) is 5.29. The van der Waals surface area contributed by atoms with E-state index in [1.807, 2.05) is 22.6 Å². The van der Waals surface area contributed by atoms with E-state index in [4.69, 9.17) is 0 Å². The first-order valence-corrected chi connectivity index (χ1v) is 8.77. The molecule has 1 aliphatic carbocycles. The molecule has 2 atom stereocenters. The Labute approximate surface area is 139 Å². The van der Waals surface area contributed by atoms with Gasteiger partial charge in [0, 0.05) is 11.3 Å². The van der Waals surface area contributed by atoms with Crippen molar-refractivity contribution in [2.75, 3.05) is 5.75 Å². The van der Waals surface area contributed by atoms with Gasteiger partial charge in [0.05, 0.1) is 8.94 Å². The average Bonchev–Trinajstić information content (AvgIpc) is 3.19. The predicted molar refractivity (Wildman–Crippen MR) is 87.4 cm³/mol. The fraction of sp³-hybridized carbons (Fsp3) is 0.429. The van der Waals surface area contributed by atoms with Crippen LogP contribution in [0.1, 0.15) is 23.2 Å². The van der Waals surface area contributed by atoms with Gasteiger partial charge in [-0.3, -0.25) is 4.79 Å². The molecule has 0 radical (unpaired) electrons. The molecule has 1 saturated carbocycles. The molecule has 0 spiro atoms. The summed E-state index contributed by atoms with van der Waals surface area (Å²) in [6.07, 6.45) is 2.09. The van der Waals surface area contributed by atoms with Gasteiger partial charge in [-0.2, -0.15) is 0 Å². The number of phenols is 1. The molecule has 2 unspecified atom stereocenters. The topological polar surface area (TPSA) is 77.8 Å². The normalized spacial score (nSPS) is 25.1. The number of rotatable bonds is 3. The molecular formula is C14H14INO4S. The Morgan fingerprint density at radius 3 is 2.62 bits per heavy atom. The second-order valence-corrected chi connectivity index (χ2v) is 7.61. The number of halogens is 1. The maximum atomic E-state index is 12.7. The standard InChI is InChI=1S/C14H14INO4S/c15-9-4-3-8(5-11(9)17)12(18)16-10(14(19)20)6-21-13(16)7-1-2-7/h3-5,7,10,13,17H,1-2,6H2,(H,19,20). The minimum absolute atomic E-state index is 0.0446.